The van der Waals surface area contributed by atoms with Gasteiger partial charge < -0.3 is 30.3 Å². The molecule has 15 heteroatoms. The maximum absolute atomic E-state index is 13.6. The predicted octanol–water partition coefficient (Wildman–Crippen LogP) is 8.67. The Morgan fingerprint density at radius 1 is 0.963 bits per heavy atom. The molecule has 0 unspecified atom stereocenters. The molecule has 3 N–H and O–H groups in total. The van der Waals surface area contributed by atoms with Crippen LogP contribution in [0.3, 0.4) is 0 Å². The van der Waals surface area contributed by atoms with Crippen LogP contribution in [0.2, 0.25) is 10.0 Å². The zero-order chi connectivity index (χ0) is 39.0. The van der Waals surface area contributed by atoms with E-state index in [1.807, 2.05) is 0 Å². The summed E-state index contributed by atoms with van der Waals surface area (Å²) in [6.45, 7) is 7.85. The molecule has 0 radical (unpaired) electrons. The van der Waals surface area contributed by atoms with Crippen LogP contribution < -0.4 is 16.0 Å². The van der Waals surface area contributed by atoms with E-state index >= 15 is 0 Å². The Hall–Kier alpha value is -4.82. The molecule has 11 nitrogen and oxygen atoms in total. The van der Waals surface area contributed by atoms with Crippen molar-refractivity contribution in [3.05, 3.63) is 116 Å². The third-order valence-corrected chi connectivity index (χ3v) is 10.7. The summed E-state index contributed by atoms with van der Waals surface area (Å²) in [6.07, 6.45) is 1.39. The Labute approximate surface area is 331 Å². The van der Waals surface area contributed by atoms with Gasteiger partial charge in [0.2, 0.25) is 5.91 Å². The molecule has 0 fully saturated rings. The van der Waals surface area contributed by atoms with E-state index in [1.54, 1.807) is 105 Å². The van der Waals surface area contributed by atoms with Crippen LogP contribution in [0.15, 0.2) is 83.4 Å². The molecule has 1 aromatic heterocycles. The summed E-state index contributed by atoms with van der Waals surface area (Å²) < 4.78 is 10.9. The molecule has 282 valence electrons. The quantitative estimate of drug-likeness (QED) is 0.0777. The minimum atomic E-state index is -0.655. The normalized spacial score (nSPS) is 12.7. The van der Waals surface area contributed by atoms with Gasteiger partial charge in [-0.15, -0.1) is 23.1 Å². The van der Waals surface area contributed by atoms with Crippen molar-refractivity contribution in [3.8, 4) is 0 Å². The minimum Gasteiger partial charge on any atom is -0.462 e. The second-order valence-electron chi connectivity index (χ2n) is 12.9. The fourth-order valence-electron chi connectivity index (χ4n) is 5.30. The lowest BCUT2D eigenvalue weighted by Crippen LogP contribution is -2.39. The van der Waals surface area contributed by atoms with Gasteiger partial charge in [-0.25, -0.2) is 9.59 Å². The lowest BCUT2D eigenvalue weighted by atomic mass is 10.0. The monoisotopic (exact) mass is 808 g/mol. The van der Waals surface area contributed by atoms with Gasteiger partial charge in [-0.05, 0) is 87.7 Å². The number of benzene rings is 3. The molecule has 0 atom stereocenters. The van der Waals surface area contributed by atoms with Gasteiger partial charge >= 0.3 is 12.1 Å². The topological polar surface area (TPSA) is 143 Å². The number of nitrogens with zero attached hydrogens (tertiary/aromatic N) is 1. The molecule has 4 aromatic rings. The first kappa shape index (κ1) is 40.4. The second-order valence-corrected chi connectivity index (χ2v) is 15.9. The predicted molar refractivity (Wildman–Crippen MR) is 213 cm³/mol. The van der Waals surface area contributed by atoms with E-state index in [9.17, 15) is 24.0 Å². The first-order valence-electron chi connectivity index (χ1n) is 16.9. The average molecular weight is 810 g/mol. The highest BCUT2D eigenvalue weighted by molar-refractivity contribution is 8.00. The Bertz CT molecular complexity index is 2100. The molecule has 0 bridgehead atoms. The van der Waals surface area contributed by atoms with Gasteiger partial charge in [-0.1, -0.05) is 59.6 Å². The molecule has 0 spiro atoms. The maximum atomic E-state index is 13.6. The van der Waals surface area contributed by atoms with Gasteiger partial charge in [0.1, 0.15) is 16.3 Å². The summed E-state index contributed by atoms with van der Waals surface area (Å²) in [4.78, 5) is 68.7. The van der Waals surface area contributed by atoms with Crippen molar-refractivity contribution < 1.29 is 33.4 Å². The van der Waals surface area contributed by atoms with E-state index in [0.717, 1.165) is 10.4 Å². The van der Waals surface area contributed by atoms with Gasteiger partial charge in [0.15, 0.2) is 0 Å². The largest absolute Gasteiger partial charge is 0.462 e. The molecule has 1 aliphatic heterocycles. The first-order chi connectivity index (χ1) is 25.7. The highest BCUT2D eigenvalue weighted by Crippen LogP contribution is 2.38. The van der Waals surface area contributed by atoms with E-state index in [1.165, 1.54) is 29.2 Å². The number of anilines is 2. The molecule has 3 aromatic carbocycles. The van der Waals surface area contributed by atoms with Crippen LogP contribution in [0.1, 0.15) is 64.4 Å². The Morgan fingerprint density at radius 3 is 2.43 bits per heavy atom. The third-order valence-electron chi connectivity index (χ3n) is 7.71. The molecule has 54 heavy (non-hydrogen) atoms. The Balaban J connectivity index is 1.28. The highest BCUT2D eigenvalue weighted by Gasteiger charge is 2.32. The van der Waals surface area contributed by atoms with Crippen LogP contribution in [0.4, 0.5) is 15.5 Å². The fourth-order valence-corrected chi connectivity index (χ4v) is 7.68. The van der Waals surface area contributed by atoms with E-state index in [2.05, 4.69) is 16.0 Å². The van der Waals surface area contributed by atoms with Crippen molar-refractivity contribution in [1.29, 1.82) is 0 Å². The first-order valence-corrected chi connectivity index (χ1v) is 19.4. The Morgan fingerprint density at radius 2 is 1.70 bits per heavy atom. The summed E-state index contributed by atoms with van der Waals surface area (Å²) in [5.41, 5.74) is 1.50. The van der Waals surface area contributed by atoms with Gasteiger partial charge in [0.25, 0.3) is 11.8 Å². The Kier molecular flexibility index (Phi) is 13.5. The number of thioether (sulfide) groups is 1. The van der Waals surface area contributed by atoms with Gasteiger partial charge in [0.05, 0.1) is 34.5 Å². The number of hydrogen-bond acceptors (Lipinski definition) is 9. The standard InChI is InChI=1S/C39H38Cl2N4O7S2/c1-5-51-37(49)32-27-17-18-45(38(50)52-39(2,3)4)21-30(27)54-36(32)44-31(46)22-53-26-15-10-14-25(20-26)42-35(48)29(19-24-13-9-16-28(40)33(24)41)43-34(47)23-11-7-6-8-12-23/h6-16,19-20H,5,17-18,21-22H2,1-4H3,(H,42,48)(H,43,47)(H,44,46)/b29-19+. The number of fused-ring (bicyclic) bond motifs is 1. The van der Waals surface area contributed by atoms with E-state index in [4.69, 9.17) is 32.7 Å². The lowest BCUT2D eigenvalue weighted by molar-refractivity contribution is -0.114. The molecule has 0 aliphatic carbocycles. The maximum Gasteiger partial charge on any atom is 0.410 e. The number of esters is 1. The van der Waals surface area contributed by atoms with Crippen molar-refractivity contribution in [1.82, 2.24) is 10.2 Å². The van der Waals surface area contributed by atoms with Crippen LogP contribution in [-0.4, -0.2) is 59.2 Å². The molecule has 5 rings (SSSR count). The van der Waals surface area contributed by atoms with Crippen LogP contribution >= 0.6 is 46.3 Å². The zero-order valence-electron chi connectivity index (χ0n) is 29.9. The molecule has 1 aliphatic rings. The van der Waals surface area contributed by atoms with Crippen molar-refractivity contribution in [2.24, 2.45) is 0 Å². The van der Waals surface area contributed by atoms with Crippen molar-refractivity contribution in [3.63, 3.8) is 0 Å². The number of rotatable bonds is 11. The molecule has 2 heterocycles. The van der Waals surface area contributed by atoms with E-state index in [-0.39, 0.29) is 40.6 Å². The number of halogens is 2. The van der Waals surface area contributed by atoms with Crippen molar-refractivity contribution in [2.75, 3.05) is 29.5 Å². The summed E-state index contributed by atoms with van der Waals surface area (Å²) >= 11 is 15.0. The summed E-state index contributed by atoms with van der Waals surface area (Å²) in [7, 11) is 0. The summed E-state index contributed by atoms with van der Waals surface area (Å²) in [5, 5.41) is 9.21. The van der Waals surface area contributed by atoms with E-state index in [0.29, 0.717) is 45.2 Å². The second kappa shape index (κ2) is 18.0. The number of ether oxygens (including phenoxy) is 2. The van der Waals surface area contributed by atoms with Crippen LogP contribution in [0.25, 0.3) is 6.08 Å². The summed E-state index contributed by atoms with van der Waals surface area (Å²) in [6, 6.07) is 20.3. The highest BCUT2D eigenvalue weighted by atomic mass is 35.5. The molecular formula is C39H38Cl2N4O7S2. The molecule has 4 amide bonds. The van der Waals surface area contributed by atoms with Crippen LogP contribution in [0.5, 0.6) is 0 Å². The summed E-state index contributed by atoms with van der Waals surface area (Å²) in [5.74, 6) is -2.04. The van der Waals surface area contributed by atoms with Gasteiger partial charge in [0, 0.05) is 27.6 Å². The SMILES string of the molecule is CCOC(=O)c1c(NC(=O)CSc2cccc(NC(=O)/C(=C\c3cccc(Cl)c3Cl)NC(=O)c3ccccc3)c2)sc2c1CCN(C(=O)OC(C)(C)C)C2. The molecule has 0 saturated heterocycles. The van der Waals surface area contributed by atoms with Crippen molar-refractivity contribution in [2.45, 2.75) is 51.2 Å². The number of carbonyl (C=O) groups excluding carboxylic acids is 5. The average Bonchev–Trinajstić information content (AvgIpc) is 3.49. The van der Waals surface area contributed by atoms with Gasteiger partial charge in [-0.2, -0.15) is 0 Å². The molecular weight excluding hydrogens is 771 g/mol. The minimum absolute atomic E-state index is 0.0161. The third kappa shape index (κ3) is 10.7. The van der Waals surface area contributed by atoms with Crippen LogP contribution in [0, 0.1) is 0 Å². The number of thiophene rings is 1. The number of hydrogen-bond donors (Lipinski definition) is 3. The van der Waals surface area contributed by atoms with Gasteiger partial charge in [-0.3, -0.25) is 14.4 Å². The van der Waals surface area contributed by atoms with Crippen LogP contribution in [-0.2, 0) is 32.0 Å². The zero-order valence-corrected chi connectivity index (χ0v) is 33.1. The number of carbonyl (C=O) groups is 5. The fraction of sp³-hybridized carbons (Fsp3) is 0.256. The smallest absolute Gasteiger partial charge is 0.410 e. The van der Waals surface area contributed by atoms with E-state index < -0.39 is 29.5 Å². The lowest BCUT2D eigenvalue weighted by Gasteiger charge is -2.30. The molecule has 0 saturated carbocycles. The van der Waals surface area contributed by atoms with Crippen molar-refractivity contribution >= 4 is 92.8 Å². The number of amides is 4. The number of nitrogens with one attached hydrogen (secondary N) is 3.